The van der Waals surface area contributed by atoms with Gasteiger partial charge in [0.2, 0.25) is 5.78 Å². The van der Waals surface area contributed by atoms with Gasteiger partial charge in [0.05, 0.1) is 0 Å². The minimum absolute atomic E-state index is 0.0415. The standard InChI is InChI=1S/C6H8BrN3O2/c1-10-5(4(11)3-12-2)6(7)8-9-10/h3H2,1-2H3. The fourth-order valence-corrected chi connectivity index (χ4v) is 1.38. The van der Waals surface area contributed by atoms with Crippen LogP contribution in [0.25, 0.3) is 0 Å². The molecule has 1 rings (SSSR count). The minimum atomic E-state index is -0.142. The first-order valence-corrected chi connectivity index (χ1v) is 4.03. The van der Waals surface area contributed by atoms with E-state index < -0.39 is 0 Å². The Balaban J connectivity index is 2.93. The molecule has 0 bridgehead atoms. The molecule has 0 amide bonds. The topological polar surface area (TPSA) is 57.0 Å². The lowest BCUT2D eigenvalue weighted by Gasteiger charge is -1.98. The number of carbonyl (C=O) groups excluding carboxylic acids is 1. The zero-order chi connectivity index (χ0) is 9.14. The molecule has 0 saturated carbocycles. The maximum absolute atomic E-state index is 11.3. The van der Waals surface area contributed by atoms with Gasteiger partial charge in [-0.3, -0.25) is 4.79 Å². The number of hydrogen-bond acceptors (Lipinski definition) is 4. The Morgan fingerprint density at radius 3 is 2.83 bits per heavy atom. The molecule has 0 aliphatic heterocycles. The molecule has 0 aliphatic rings. The quantitative estimate of drug-likeness (QED) is 0.710. The van der Waals surface area contributed by atoms with Crippen LogP contribution in [0.1, 0.15) is 10.5 Å². The van der Waals surface area contributed by atoms with Crippen LogP contribution in [0.5, 0.6) is 0 Å². The smallest absolute Gasteiger partial charge is 0.209 e. The number of rotatable bonds is 3. The lowest BCUT2D eigenvalue weighted by molar-refractivity contribution is 0.0837. The highest BCUT2D eigenvalue weighted by Gasteiger charge is 2.15. The molecule has 0 radical (unpaired) electrons. The number of ether oxygens (including phenoxy) is 1. The van der Waals surface area contributed by atoms with Crippen molar-refractivity contribution >= 4 is 21.7 Å². The molecule has 1 aromatic rings. The van der Waals surface area contributed by atoms with E-state index in [4.69, 9.17) is 4.74 Å². The van der Waals surface area contributed by atoms with Gasteiger partial charge in [-0.1, -0.05) is 5.21 Å². The van der Waals surface area contributed by atoms with Gasteiger partial charge in [-0.2, -0.15) is 0 Å². The average molecular weight is 234 g/mol. The molecule has 1 heterocycles. The van der Waals surface area contributed by atoms with E-state index in [1.54, 1.807) is 7.05 Å². The van der Waals surface area contributed by atoms with Crippen molar-refractivity contribution in [2.24, 2.45) is 7.05 Å². The summed E-state index contributed by atoms with van der Waals surface area (Å²) in [5.74, 6) is -0.142. The van der Waals surface area contributed by atoms with Crippen molar-refractivity contribution in [2.75, 3.05) is 13.7 Å². The second-order valence-electron chi connectivity index (χ2n) is 2.21. The molecule has 12 heavy (non-hydrogen) atoms. The third-order valence-electron chi connectivity index (χ3n) is 1.33. The van der Waals surface area contributed by atoms with Crippen LogP contribution in [0.3, 0.4) is 0 Å². The average Bonchev–Trinajstić information content (AvgIpc) is 2.32. The van der Waals surface area contributed by atoms with E-state index in [0.29, 0.717) is 10.3 Å². The summed E-state index contributed by atoms with van der Waals surface area (Å²) >= 11 is 3.12. The van der Waals surface area contributed by atoms with Gasteiger partial charge in [-0.25, -0.2) is 4.68 Å². The van der Waals surface area contributed by atoms with Crippen LogP contribution < -0.4 is 0 Å². The van der Waals surface area contributed by atoms with Crippen molar-refractivity contribution in [3.05, 3.63) is 10.3 Å². The zero-order valence-electron chi connectivity index (χ0n) is 6.74. The highest BCUT2D eigenvalue weighted by molar-refractivity contribution is 9.10. The summed E-state index contributed by atoms with van der Waals surface area (Å²) < 4.78 is 6.56. The highest BCUT2D eigenvalue weighted by atomic mass is 79.9. The minimum Gasteiger partial charge on any atom is -0.376 e. The van der Waals surface area contributed by atoms with Gasteiger partial charge in [0.15, 0.2) is 4.60 Å². The number of halogens is 1. The first-order chi connectivity index (χ1) is 5.66. The van der Waals surface area contributed by atoms with E-state index in [9.17, 15) is 4.79 Å². The maximum atomic E-state index is 11.3. The van der Waals surface area contributed by atoms with E-state index in [2.05, 4.69) is 26.2 Å². The molecule has 0 aromatic carbocycles. The van der Waals surface area contributed by atoms with Crippen molar-refractivity contribution in [1.29, 1.82) is 0 Å². The number of carbonyl (C=O) groups is 1. The summed E-state index contributed by atoms with van der Waals surface area (Å²) in [6.45, 7) is 0.0415. The first kappa shape index (κ1) is 9.34. The van der Waals surface area contributed by atoms with E-state index in [0.717, 1.165) is 0 Å². The highest BCUT2D eigenvalue weighted by Crippen LogP contribution is 2.11. The van der Waals surface area contributed by atoms with Gasteiger partial charge < -0.3 is 4.74 Å². The summed E-state index contributed by atoms with van der Waals surface area (Å²) in [5, 5.41) is 7.34. The van der Waals surface area contributed by atoms with E-state index in [1.807, 2.05) is 0 Å². The lowest BCUT2D eigenvalue weighted by Crippen LogP contribution is -2.12. The number of aromatic nitrogens is 3. The Kier molecular flexibility index (Phi) is 2.93. The van der Waals surface area contributed by atoms with Gasteiger partial charge in [0.1, 0.15) is 12.3 Å². The Morgan fingerprint density at radius 1 is 1.75 bits per heavy atom. The van der Waals surface area contributed by atoms with Gasteiger partial charge >= 0.3 is 0 Å². The largest absolute Gasteiger partial charge is 0.376 e. The van der Waals surface area contributed by atoms with Crippen LogP contribution in [-0.2, 0) is 11.8 Å². The second kappa shape index (κ2) is 3.77. The number of methoxy groups -OCH3 is 1. The molecule has 0 aliphatic carbocycles. The monoisotopic (exact) mass is 233 g/mol. The Labute approximate surface area is 77.8 Å². The normalized spacial score (nSPS) is 10.2. The van der Waals surface area contributed by atoms with Crippen LogP contribution in [-0.4, -0.2) is 34.5 Å². The molecule has 6 heteroatoms. The summed E-state index contributed by atoms with van der Waals surface area (Å²) in [7, 11) is 3.12. The van der Waals surface area contributed by atoms with Crippen LogP contribution in [0, 0.1) is 0 Å². The van der Waals surface area contributed by atoms with Crippen molar-refractivity contribution in [2.45, 2.75) is 0 Å². The SMILES string of the molecule is COCC(=O)c1c(Br)nnn1C. The molecular formula is C6H8BrN3O2. The maximum Gasteiger partial charge on any atom is 0.209 e. The molecule has 0 atom stereocenters. The fraction of sp³-hybridized carbons (Fsp3) is 0.500. The molecule has 0 spiro atoms. The van der Waals surface area contributed by atoms with Gasteiger partial charge in [0, 0.05) is 14.2 Å². The fourth-order valence-electron chi connectivity index (χ4n) is 0.827. The third-order valence-corrected chi connectivity index (χ3v) is 1.86. The number of aryl methyl sites for hydroxylation is 1. The first-order valence-electron chi connectivity index (χ1n) is 3.24. The number of ketones is 1. The Bertz CT molecular complexity index is 277. The summed E-state index contributed by atoms with van der Waals surface area (Å²) in [6.07, 6.45) is 0. The van der Waals surface area contributed by atoms with Gasteiger partial charge in [0.25, 0.3) is 0 Å². The van der Waals surface area contributed by atoms with E-state index in [-0.39, 0.29) is 12.4 Å². The van der Waals surface area contributed by atoms with Crippen LogP contribution in [0.2, 0.25) is 0 Å². The summed E-state index contributed by atoms with van der Waals surface area (Å²) in [5.41, 5.74) is 0.428. The summed E-state index contributed by atoms with van der Waals surface area (Å²) in [6, 6.07) is 0. The Hall–Kier alpha value is -0.750. The molecule has 0 N–H and O–H groups in total. The molecule has 1 aromatic heterocycles. The van der Waals surface area contributed by atoms with Crippen molar-refractivity contribution < 1.29 is 9.53 Å². The zero-order valence-corrected chi connectivity index (χ0v) is 8.33. The van der Waals surface area contributed by atoms with E-state index in [1.165, 1.54) is 11.8 Å². The Morgan fingerprint density at radius 2 is 2.42 bits per heavy atom. The summed E-state index contributed by atoms with van der Waals surface area (Å²) in [4.78, 5) is 11.3. The number of nitrogens with zero attached hydrogens (tertiary/aromatic N) is 3. The predicted octanol–water partition coefficient (Wildman–Crippen LogP) is 0.407. The molecule has 0 saturated heterocycles. The van der Waals surface area contributed by atoms with Crippen LogP contribution in [0.15, 0.2) is 4.60 Å². The van der Waals surface area contributed by atoms with Crippen molar-refractivity contribution in [1.82, 2.24) is 15.0 Å². The van der Waals surface area contributed by atoms with Gasteiger partial charge in [-0.05, 0) is 15.9 Å². The molecule has 5 nitrogen and oxygen atoms in total. The molecule has 0 fully saturated rings. The van der Waals surface area contributed by atoms with Gasteiger partial charge in [-0.15, -0.1) is 5.10 Å². The van der Waals surface area contributed by atoms with Crippen molar-refractivity contribution in [3.63, 3.8) is 0 Å². The second-order valence-corrected chi connectivity index (χ2v) is 2.96. The van der Waals surface area contributed by atoms with Crippen LogP contribution >= 0.6 is 15.9 Å². The molecule has 0 unspecified atom stereocenters. The van der Waals surface area contributed by atoms with Crippen molar-refractivity contribution in [3.8, 4) is 0 Å². The van der Waals surface area contributed by atoms with Crippen LogP contribution in [0.4, 0.5) is 0 Å². The lowest BCUT2D eigenvalue weighted by atomic mass is 10.3. The molecular weight excluding hydrogens is 226 g/mol. The van der Waals surface area contributed by atoms with E-state index >= 15 is 0 Å². The number of Topliss-reactive ketones (excluding diaryl/α,β-unsaturated/α-hetero) is 1. The molecule has 66 valence electrons. The third kappa shape index (κ3) is 1.70. The predicted molar refractivity (Wildman–Crippen MR) is 44.9 cm³/mol. The number of hydrogen-bond donors (Lipinski definition) is 0.